The minimum Gasteiger partial charge on any atom is -0.465 e. The molecule has 1 aromatic heterocycles. The van der Waals surface area contributed by atoms with Crippen LogP contribution in [0.1, 0.15) is 50.5 Å². The highest BCUT2D eigenvalue weighted by molar-refractivity contribution is 6.00. The lowest BCUT2D eigenvalue weighted by atomic mass is 9.96. The zero-order valence-corrected chi connectivity index (χ0v) is 17.1. The van der Waals surface area contributed by atoms with E-state index in [-0.39, 0.29) is 17.7 Å². The zero-order valence-electron chi connectivity index (χ0n) is 17.1. The number of H-pyrrole nitrogens is 1. The Bertz CT molecular complexity index is 904. The zero-order chi connectivity index (χ0) is 21.0. The van der Waals surface area contributed by atoms with Crippen LogP contribution in [0, 0.1) is 19.8 Å². The van der Waals surface area contributed by atoms with Crippen molar-refractivity contribution in [1.29, 1.82) is 0 Å². The Morgan fingerprint density at radius 3 is 2.62 bits per heavy atom. The van der Waals surface area contributed by atoms with Gasteiger partial charge in [-0.3, -0.25) is 9.59 Å². The molecule has 2 N–H and O–H groups in total. The van der Waals surface area contributed by atoms with E-state index in [0.717, 1.165) is 18.4 Å². The molecule has 0 unspecified atom stereocenters. The fourth-order valence-corrected chi connectivity index (χ4v) is 3.84. The monoisotopic (exact) mass is 397 g/mol. The van der Waals surface area contributed by atoms with E-state index < -0.39 is 5.97 Å². The number of aromatic nitrogens is 1. The van der Waals surface area contributed by atoms with Gasteiger partial charge in [0.1, 0.15) is 5.69 Å². The maximum atomic E-state index is 13.1. The molecule has 0 saturated carbocycles. The van der Waals surface area contributed by atoms with Crippen molar-refractivity contribution in [2.45, 2.75) is 33.2 Å². The highest BCUT2D eigenvalue weighted by Gasteiger charge is 2.31. The van der Waals surface area contributed by atoms with Crippen LogP contribution in [0.25, 0.3) is 0 Å². The third kappa shape index (κ3) is 4.50. The van der Waals surface area contributed by atoms with E-state index in [1.165, 1.54) is 7.11 Å². The Morgan fingerprint density at radius 1 is 1.21 bits per heavy atom. The number of esters is 1. The van der Waals surface area contributed by atoms with Gasteiger partial charge >= 0.3 is 5.97 Å². The summed E-state index contributed by atoms with van der Waals surface area (Å²) in [6, 6.07) is 9.74. The molecule has 1 atom stereocenters. The van der Waals surface area contributed by atoms with Gasteiger partial charge in [-0.15, -0.1) is 0 Å². The molecule has 7 heteroatoms. The van der Waals surface area contributed by atoms with Gasteiger partial charge in [-0.05, 0) is 37.8 Å². The second-order valence-electron chi connectivity index (χ2n) is 7.41. The molecule has 0 aliphatic carbocycles. The van der Waals surface area contributed by atoms with E-state index >= 15 is 0 Å². The van der Waals surface area contributed by atoms with Gasteiger partial charge in [0.25, 0.3) is 5.91 Å². The maximum absolute atomic E-state index is 13.1. The number of likely N-dealkylation sites (tertiary alicyclic amines) is 1. The number of piperidine rings is 1. The van der Waals surface area contributed by atoms with Crippen LogP contribution >= 0.6 is 0 Å². The van der Waals surface area contributed by atoms with Crippen LogP contribution in [-0.2, 0) is 16.1 Å². The highest BCUT2D eigenvalue weighted by atomic mass is 16.5. The predicted molar refractivity (Wildman–Crippen MR) is 109 cm³/mol. The molecule has 1 aromatic carbocycles. The predicted octanol–water partition coefficient (Wildman–Crippen LogP) is 2.59. The standard InChI is InChI=1S/C22H27N3O4/c1-14-18(22(28)29-3)15(2)24-19(14)21(27)25-11-7-10-17(13-25)20(26)23-12-16-8-5-4-6-9-16/h4-6,8-9,17,24H,7,10-13H2,1-3H3,(H,23,26)/t17-/m1/s1. The van der Waals surface area contributed by atoms with E-state index in [4.69, 9.17) is 4.74 Å². The topological polar surface area (TPSA) is 91.5 Å². The van der Waals surface area contributed by atoms with E-state index in [2.05, 4.69) is 10.3 Å². The maximum Gasteiger partial charge on any atom is 0.339 e. The summed E-state index contributed by atoms with van der Waals surface area (Å²) in [5, 5.41) is 2.97. The number of benzene rings is 1. The molecule has 1 aliphatic rings. The summed E-state index contributed by atoms with van der Waals surface area (Å²) < 4.78 is 4.81. The number of hydrogen-bond acceptors (Lipinski definition) is 4. The van der Waals surface area contributed by atoms with Crippen molar-refractivity contribution in [1.82, 2.24) is 15.2 Å². The first-order chi connectivity index (χ1) is 13.9. The highest BCUT2D eigenvalue weighted by Crippen LogP contribution is 2.23. The first kappa shape index (κ1) is 20.6. The molecule has 154 valence electrons. The third-order valence-electron chi connectivity index (χ3n) is 5.43. The summed E-state index contributed by atoms with van der Waals surface area (Å²) >= 11 is 0. The van der Waals surface area contributed by atoms with Crippen LogP contribution < -0.4 is 5.32 Å². The van der Waals surface area contributed by atoms with Gasteiger partial charge in [-0.2, -0.15) is 0 Å². The Kier molecular flexibility index (Phi) is 6.36. The summed E-state index contributed by atoms with van der Waals surface area (Å²) in [6.07, 6.45) is 1.51. The van der Waals surface area contributed by atoms with Gasteiger partial charge in [0.05, 0.1) is 18.6 Å². The number of nitrogens with zero attached hydrogens (tertiary/aromatic N) is 1. The van der Waals surface area contributed by atoms with Crippen molar-refractivity contribution in [3.05, 3.63) is 58.4 Å². The van der Waals surface area contributed by atoms with Crippen LogP contribution in [0.4, 0.5) is 0 Å². The van der Waals surface area contributed by atoms with Crippen molar-refractivity contribution in [2.75, 3.05) is 20.2 Å². The fraction of sp³-hybridized carbons (Fsp3) is 0.409. The van der Waals surface area contributed by atoms with Gasteiger partial charge in [0.15, 0.2) is 0 Å². The molecular weight excluding hydrogens is 370 g/mol. The number of aryl methyl sites for hydroxylation is 1. The van der Waals surface area contributed by atoms with Crippen LogP contribution in [0.2, 0.25) is 0 Å². The lowest BCUT2D eigenvalue weighted by molar-refractivity contribution is -0.126. The largest absolute Gasteiger partial charge is 0.465 e. The summed E-state index contributed by atoms with van der Waals surface area (Å²) in [5.74, 6) is -0.942. The molecule has 1 fully saturated rings. The van der Waals surface area contributed by atoms with Crippen LogP contribution in [-0.4, -0.2) is 47.9 Å². The first-order valence-corrected chi connectivity index (χ1v) is 9.80. The Labute approximate surface area is 170 Å². The normalized spacial score (nSPS) is 16.4. The van der Waals surface area contributed by atoms with Crippen molar-refractivity contribution in [3.8, 4) is 0 Å². The molecule has 2 aromatic rings. The molecule has 29 heavy (non-hydrogen) atoms. The van der Waals surface area contributed by atoms with Crippen molar-refractivity contribution < 1.29 is 19.1 Å². The third-order valence-corrected chi connectivity index (χ3v) is 5.43. The number of ether oxygens (including phenoxy) is 1. The summed E-state index contributed by atoms with van der Waals surface area (Å²) in [7, 11) is 1.32. The molecule has 0 spiro atoms. The summed E-state index contributed by atoms with van der Waals surface area (Å²) in [5.41, 5.74) is 3.00. The van der Waals surface area contributed by atoms with E-state index in [0.29, 0.717) is 42.1 Å². The van der Waals surface area contributed by atoms with E-state index in [1.807, 2.05) is 30.3 Å². The molecule has 1 aliphatic heterocycles. The smallest absolute Gasteiger partial charge is 0.339 e. The number of aromatic amines is 1. The molecule has 3 rings (SSSR count). The van der Waals surface area contributed by atoms with Crippen molar-refractivity contribution in [3.63, 3.8) is 0 Å². The summed E-state index contributed by atoms with van der Waals surface area (Å²) in [6.45, 7) is 4.90. The first-order valence-electron chi connectivity index (χ1n) is 9.80. The molecule has 1 saturated heterocycles. The number of hydrogen-bond donors (Lipinski definition) is 2. The quantitative estimate of drug-likeness (QED) is 0.759. The Balaban J connectivity index is 1.66. The van der Waals surface area contributed by atoms with E-state index in [1.54, 1.807) is 18.7 Å². The van der Waals surface area contributed by atoms with Crippen LogP contribution in [0.5, 0.6) is 0 Å². The minimum absolute atomic E-state index is 0.0407. The average Bonchev–Trinajstić information content (AvgIpc) is 3.05. The minimum atomic E-state index is -0.466. The molecular formula is C22H27N3O4. The Hall–Kier alpha value is -3.09. The molecule has 0 radical (unpaired) electrons. The summed E-state index contributed by atoms with van der Waals surface area (Å²) in [4.78, 5) is 42.4. The van der Waals surface area contributed by atoms with Gasteiger partial charge in [-0.25, -0.2) is 4.79 Å². The number of amides is 2. The number of rotatable bonds is 5. The lowest BCUT2D eigenvalue weighted by Crippen LogP contribution is -2.45. The fourth-order valence-electron chi connectivity index (χ4n) is 3.84. The molecule has 0 bridgehead atoms. The number of methoxy groups -OCH3 is 1. The second kappa shape index (κ2) is 8.94. The van der Waals surface area contributed by atoms with Crippen molar-refractivity contribution >= 4 is 17.8 Å². The average molecular weight is 397 g/mol. The lowest BCUT2D eigenvalue weighted by Gasteiger charge is -2.32. The van der Waals surface area contributed by atoms with Crippen molar-refractivity contribution in [2.24, 2.45) is 5.92 Å². The molecule has 2 heterocycles. The Morgan fingerprint density at radius 2 is 1.93 bits per heavy atom. The second-order valence-corrected chi connectivity index (χ2v) is 7.41. The van der Waals surface area contributed by atoms with Gasteiger partial charge in [0, 0.05) is 25.3 Å². The van der Waals surface area contributed by atoms with Crippen LogP contribution in [0.15, 0.2) is 30.3 Å². The van der Waals surface area contributed by atoms with Gasteiger partial charge < -0.3 is 19.9 Å². The molecule has 2 amide bonds. The SMILES string of the molecule is COC(=O)c1c(C)[nH]c(C(=O)N2CCC[C@@H](C(=O)NCc3ccccc3)C2)c1C. The van der Waals surface area contributed by atoms with E-state index in [9.17, 15) is 14.4 Å². The van der Waals surface area contributed by atoms with Crippen LogP contribution in [0.3, 0.4) is 0 Å². The van der Waals surface area contributed by atoms with Gasteiger partial charge in [-0.1, -0.05) is 30.3 Å². The molecule has 7 nitrogen and oxygen atoms in total. The van der Waals surface area contributed by atoms with Gasteiger partial charge in [0.2, 0.25) is 5.91 Å². The number of nitrogens with one attached hydrogen (secondary N) is 2. The number of carbonyl (C=O) groups is 3. The number of carbonyl (C=O) groups excluding carboxylic acids is 3.